The summed E-state index contributed by atoms with van der Waals surface area (Å²) < 4.78 is 1.75. The van der Waals surface area contributed by atoms with Crippen molar-refractivity contribution in [2.45, 2.75) is 46.7 Å². The zero-order valence-electron chi connectivity index (χ0n) is 12.5. The lowest BCUT2D eigenvalue weighted by Crippen LogP contribution is -2.54. The zero-order valence-corrected chi connectivity index (χ0v) is 13.3. The Labute approximate surface area is 123 Å². The molecule has 0 unspecified atom stereocenters. The maximum atomic E-state index is 12.0. The molecule has 1 aromatic rings. The molecular weight excluding hydrogens is 280 g/mol. The molecule has 0 fully saturated rings. The predicted octanol–water partition coefficient (Wildman–Crippen LogP) is 1.18. The Kier molecular flexibility index (Phi) is 5.16. The van der Waals surface area contributed by atoms with E-state index in [-0.39, 0.29) is 11.8 Å². The number of hydrogen-bond donors (Lipinski definition) is 2. The van der Waals surface area contributed by atoms with Crippen LogP contribution in [0, 0.1) is 13.8 Å². The normalized spacial score (nSPS) is 11.3. The number of halogens is 1. The highest BCUT2D eigenvalue weighted by Gasteiger charge is 2.27. The van der Waals surface area contributed by atoms with Gasteiger partial charge in [0.05, 0.1) is 23.0 Å². The van der Waals surface area contributed by atoms with E-state index < -0.39 is 5.54 Å². The number of rotatable bonds is 5. The molecule has 0 aromatic carbocycles. The van der Waals surface area contributed by atoms with Crippen LogP contribution in [0.3, 0.4) is 0 Å². The fourth-order valence-electron chi connectivity index (χ4n) is 1.89. The molecule has 2 amide bonds. The molecule has 1 aromatic heterocycles. The second kappa shape index (κ2) is 6.26. The maximum Gasteiger partial charge on any atom is 0.245 e. The van der Waals surface area contributed by atoms with Gasteiger partial charge in [-0.3, -0.25) is 14.3 Å². The largest absolute Gasteiger partial charge is 0.352 e. The fourth-order valence-corrected chi connectivity index (χ4v) is 2.02. The average molecular weight is 301 g/mol. The van der Waals surface area contributed by atoms with E-state index in [9.17, 15) is 9.59 Å². The monoisotopic (exact) mass is 300 g/mol. The summed E-state index contributed by atoms with van der Waals surface area (Å²) in [5.74, 6) is -0.476. The van der Waals surface area contributed by atoms with E-state index in [1.165, 1.54) is 6.92 Å². The molecule has 1 heterocycles. The smallest absolute Gasteiger partial charge is 0.245 e. The Morgan fingerprint density at radius 2 is 1.95 bits per heavy atom. The van der Waals surface area contributed by atoms with Gasteiger partial charge in [0, 0.05) is 13.5 Å². The number of nitrogens with zero attached hydrogens (tertiary/aromatic N) is 2. The standard InChI is InChI=1S/C13H21ClN4O2/c1-8-11(14)9(2)18(17-8)7-6-15-12(20)13(4,5)16-10(3)19/h6-7H2,1-5H3,(H,15,20)(H,16,19). The summed E-state index contributed by atoms with van der Waals surface area (Å²) in [4.78, 5) is 23.0. The van der Waals surface area contributed by atoms with Gasteiger partial charge in [-0.2, -0.15) is 5.10 Å². The van der Waals surface area contributed by atoms with Crippen LogP contribution < -0.4 is 10.6 Å². The molecule has 0 spiro atoms. The molecule has 6 nitrogen and oxygen atoms in total. The lowest BCUT2D eigenvalue weighted by atomic mass is 10.0. The average Bonchev–Trinajstić information content (AvgIpc) is 2.55. The number of hydrogen-bond acceptors (Lipinski definition) is 3. The molecule has 0 saturated heterocycles. The van der Waals surface area contributed by atoms with Crippen molar-refractivity contribution in [2.75, 3.05) is 6.54 Å². The van der Waals surface area contributed by atoms with Gasteiger partial charge in [0.25, 0.3) is 0 Å². The molecule has 0 bridgehead atoms. The highest BCUT2D eigenvalue weighted by atomic mass is 35.5. The SMILES string of the molecule is CC(=O)NC(C)(C)C(=O)NCCn1nc(C)c(Cl)c1C. The molecular formula is C13H21ClN4O2. The Bertz CT molecular complexity index is 523. The third kappa shape index (κ3) is 3.96. The van der Waals surface area contributed by atoms with E-state index in [4.69, 9.17) is 11.6 Å². The van der Waals surface area contributed by atoms with Gasteiger partial charge in [-0.1, -0.05) is 11.6 Å². The van der Waals surface area contributed by atoms with Crippen LogP contribution in [0.5, 0.6) is 0 Å². The maximum absolute atomic E-state index is 12.0. The van der Waals surface area contributed by atoms with Gasteiger partial charge in [0.1, 0.15) is 5.54 Å². The van der Waals surface area contributed by atoms with Gasteiger partial charge in [-0.05, 0) is 27.7 Å². The molecule has 0 aliphatic carbocycles. The van der Waals surface area contributed by atoms with Crippen molar-refractivity contribution < 1.29 is 9.59 Å². The summed E-state index contributed by atoms with van der Waals surface area (Å²) in [6.07, 6.45) is 0. The van der Waals surface area contributed by atoms with Gasteiger partial charge < -0.3 is 10.6 Å². The molecule has 112 valence electrons. The van der Waals surface area contributed by atoms with E-state index in [1.807, 2.05) is 13.8 Å². The number of carbonyl (C=O) groups excluding carboxylic acids is 2. The zero-order chi connectivity index (χ0) is 15.5. The third-order valence-electron chi connectivity index (χ3n) is 2.96. The first-order valence-corrected chi connectivity index (χ1v) is 6.79. The molecule has 0 aliphatic heterocycles. The van der Waals surface area contributed by atoms with Crippen molar-refractivity contribution >= 4 is 23.4 Å². The fraction of sp³-hybridized carbons (Fsp3) is 0.615. The summed E-state index contributed by atoms with van der Waals surface area (Å²) in [6, 6.07) is 0. The Hall–Kier alpha value is -1.56. The molecule has 0 aliphatic rings. The molecule has 7 heteroatoms. The molecule has 2 N–H and O–H groups in total. The number of aromatic nitrogens is 2. The van der Waals surface area contributed by atoms with Crippen LogP contribution in [0.15, 0.2) is 0 Å². The van der Waals surface area contributed by atoms with Gasteiger partial charge in [0.2, 0.25) is 11.8 Å². The minimum Gasteiger partial charge on any atom is -0.352 e. The molecule has 1 rings (SSSR count). The molecule has 0 radical (unpaired) electrons. The van der Waals surface area contributed by atoms with E-state index in [2.05, 4.69) is 15.7 Å². The number of nitrogens with one attached hydrogen (secondary N) is 2. The number of aryl methyl sites for hydroxylation is 1. The molecule has 0 atom stereocenters. The second-order valence-electron chi connectivity index (χ2n) is 5.27. The first-order valence-electron chi connectivity index (χ1n) is 6.41. The first-order chi connectivity index (χ1) is 9.15. The quantitative estimate of drug-likeness (QED) is 0.857. The van der Waals surface area contributed by atoms with E-state index in [0.29, 0.717) is 18.1 Å². The lowest BCUT2D eigenvalue weighted by molar-refractivity contribution is -0.131. The van der Waals surface area contributed by atoms with Crippen molar-refractivity contribution in [1.82, 2.24) is 20.4 Å². The van der Waals surface area contributed by atoms with Crippen LogP contribution in [0.2, 0.25) is 5.02 Å². The highest BCUT2D eigenvalue weighted by Crippen LogP contribution is 2.18. The second-order valence-corrected chi connectivity index (χ2v) is 5.65. The lowest BCUT2D eigenvalue weighted by Gasteiger charge is -2.24. The number of amides is 2. The van der Waals surface area contributed by atoms with Gasteiger partial charge in [0.15, 0.2) is 0 Å². The predicted molar refractivity (Wildman–Crippen MR) is 77.6 cm³/mol. The molecule has 20 heavy (non-hydrogen) atoms. The Balaban J connectivity index is 2.54. The summed E-state index contributed by atoms with van der Waals surface area (Å²) in [6.45, 7) is 9.36. The van der Waals surface area contributed by atoms with Gasteiger partial charge in [-0.25, -0.2) is 0 Å². The molecule has 0 saturated carbocycles. The summed E-state index contributed by atoms with van der Waals surface area (Å²) in [5, 5.41) is 10.3. The Morgan fingerprint density at radius 3 is 2.40 bits per heavy atom. The topological polar surface area (TPSA) is 76.0 Å². The summed E-state index contributed by atoms with van der Waals surface area (Å²) in [5.41, 5.74) is 0.715. The van der Waals surface area contributed by atoms with Crippen molar-refractivity contribution in [3.8, 4) is 0 Å². The van der Waals surface area contributed by atoms with Gasteiger partial charge in [-0.15, -0.1) is 0 Å². The van der Waals surface area contributed by atoms with E-state index in [1.54, 1.807) is 18.5 Å². The van der Waals surface area contributed by atoms with Crippen LogP contribution in [0.1, 0.15) is 32.2 Å². The minimum atomic E-state index is -0.932. The van der Waals surface area contributed by atoms with E-state index in [0.717, 1.165) is 11.4 Å². The van der Waals surface area contributed by atoms with Crippen LogP contribution in [-0.2, 0) is 16.1 Å². The first kappa shape index (κ1) is 16.5. The third-order valence-corrected chi connectivity index (χ3v) is 3.51. The van der Waals surface area contributed by atoms with Crippen molar-refractivity contribution in [3.63, 3.8) is 0 Å². The van der Waals surface area contributed by atoms with Crippen molar-refractivity contribution in [1.29, 1.82) is 0 Å². The summed E-state index contributed by atoms with van der Waals surface area (Å²) in [7, 11) is 0. The van der Waals surface area contributed by atoms with Crippen LogP contribution in [0.4, 0.5) is 0 Å². The highest BCUT2D eigenvalue weighted by molar-refractivity contribution is 6.31. The minimum absolute atomic E-state index is 0.236. The number of carbonyl (C=O) groups is 2. The van der Waals surface area contributed by atoms with E-state index >= 15 is 0 Å². The van der Waals surface area contributed by atoms with Crippen LogP contribution >= 0.6 is 11.6 Å². The summed E-state index contributed by atoms with van der Waals surface area (Å²) >= 11 is 6.05. The van der Waals surface area contributed by atoms with Gasteiger partial charge >= 0.3 is 0 Å². The van der Waals surface area contributed by atoms with Crippen LogP contribution in [-0.4, -0.2) is 33.7 Å². The van der Waals surface area contributed by atoms with Crippen molar-refractivity contribution in [2.24, 2.45) is 0 Å². The Morgan fingerprint density at radius 1 is 1.35 bits per heavy atom. The van der Waals surface area contributed by atoms with Crippen molar-refractivity contribution in [3.05, 3.63) is 16.4 Å². The van der Waals surface area contributed by atoms with Crippen LogP contribution in [0.25, 0.3) is 0 Å².